The fourth-order valence-electron chi connectivity index (χ4n) is 2.53. The molecule has 1 N–H and O–H groups in total. The molecule has 0 aromatic carbocycles. The molecule has 5 heteroatoms. The molecule has 1 fully saturated rings. The smallest absolute Gasteiger partial charge is 0.137 e. The quantitative estimate of drug-likeness (QED) is 0.917. The summed E-state index contributed by atoms with van der Waals surface area (Å²) in [6.07, 6.45) is 1.09. The summed E-state index contributed by atoms with van der Waals surface area (Å²) in [5, 5.41) is 3.39. The summed E-state index contributed by atoms with van der Waals surface area (Å²) in [6, 6.07) is 0. The van der Waals surface area contributed by atoms with Crippen LogP contribution < -0.4 is 10.2 Å². The van der Waals surface area contributed by atoms with Gasteiger partial charge in [0.1, 0.15) is 17.5 Å². The molecular weight excluding hydrogens is 252 g/mol. The molecule has 0 amide bonds. The number of aryl methyl sites for hydroxylation is 1. The number of ether oxygens (including phenoxy) is 1. The first kappa shape index (κ1) is 15.0. The molecule has 1 aromatic heterocycles. The fourth-order valence-corrected chi connectivity index (χ4v) is 2.53. The Kier molecular flexibility index (Phi) is 4.48. The largest absolute Gasteiger partial charge is 0.372 e. The predicted molar refractivity (Wildman–Crippen MR) is 82.5 cm³/mol. The van der Waals surface area contributed by atoms with Crippen LogP contribution in [0, 0.1) is 13.8 Å². The number of aromatic nitrogens is 2. The van der Waals surface area contributed by atoms with Crippen molar-refractivity contribution in [2.75, 3.05) is 36.5 Å². The summed E-state index contributed by atoms with van der Waals surface area (Å²) < 4.78 is 5.78. The van der Waals surface area contributed by atoms with Gasteiger partial charge in [-0.1, -0.05) is 6.92 Å². The van der Waals surface area contributed by atoms with E-state index < -0.39 is 0 Å². The molecule has 0 bridgehead atoms. The molecule has 0 atom stereocenters. The zero-order valence-corrected chi connectivity index (χ0v) is 13.3. The summed E-state index contributed by atoms with van der Waals surface area (Å²) in [4.78, 5) is 11.5. The molecule has 20 heavy (non-hydrogen) atoms. The van der Waals surface area contributed by atoms with Gasteiger partial charge in [0.2, 0.25) is 0 Å². The van der Waals surface area contributed by atoms with E-state index in [1.807, 2.05) is 6.92 Å². The monoisotopic (exact) mass is 278 g/mol. The van der Waals surface area contributed by atoms with E-state index in [1.165, 1.54) is 0 Å². The number of morpholine rings is 1. The molecule has 0 saturated carbocycles. The van der Waals surface area contributed by atoms with Gasteiger partial charge in [0.15, 0.2) is 0 Å². The maximum Gasteiger partial charge on any atom is 0.137 e. The zero-order chi connectivity index (χ0) is 14.8. The second-order valence-corrected chi connectivity index (χ2v) is 6.02. The van der Waals surface area contributed by atoms with Gasteiger partial charge in [0.05, 0.1) is 12.2 Å². The fraction of sp³-hybridized carbons (Fsp3) is 0.733. The molecular formula is C15H26N4O. The van der Waals surface area contributed by atoms with E-state index in [0.717, 1.165) is 55.7 Å². The van der Waals surface area contributed by atoms with Crippen molar-refractivity contribution in [1.82, 2.24) is 9.97 Å². The maximum absolute atomic E-state index is 5.78. The third-order valence-electron chi connectivity index (χ3n) is 3.50. The molecule has 0 radical (unpaired) electrons. The van der Waals surface area contributed by atoms with Crippen molar-refractivity contribution in [1.29, 1.82) is 0 Å². The molecule has 1 saturated heterocycles. The van der Waals surface area contributed by atoms with Gasteiger partial charge in [0, 0.05) is 25.2 Å². The lowest BCUT2D eigenvalue weighted by molar-refractivity contribution is -0.0279. The van der Waals surface area contributed by atoms with Crippen molar-refractivity contribution in [3.63, 3.8) is 0 Å². The van der Waals surface area contributed by atoms with Gasteiger partial charge in [-0.2, -0.15) is 0 Å². The second-order valence-electron chi connectivity index (χ2n) is 6.02. The molecule has 1 aromatic rings. The Labute approximate surface area is 121 Å². The van der Waals surface area contributed by atoms with Gasteiger partial charge in [-0.25, -0.2) is 9.97 Å². The topological polar surface area (TPSA) is 50.3 Å². The van der Waals surface area contributed by atoms with Crippen LogP contribution in [0.5, 0.6) is 0 Å². The number of nitrogens with zero attached hydrogens (tertiary/aromatic N) is 3. The number of hydrogen-bond acceptors (Lipinski definition) is 5. The molecule has 1 aliphatic rings. The molecule has 112 valence electrons. The Hall–Kier alpha value is -1.36. The zero-order valence-electron chi connectivity index (χ0n) is 13.3. The van der Waals surface area contributed by atoms with Crippen LogP contribution in [0.4, 0.5) is 11.6 Å². The first-order chi connectivity index (χ1) is 9.43. The van der Waals surface area contributed by atoms with Crippen LogP contribution in [0.1, 0.15) is 38.6 Å². The number of hydrogen-bond donors (Lipinski definition) is 1. The van der Waals surface area contributed by atoms with Crippen molar-refractivity contribution < 1.29 is 4.74 Å². The van der Waals surface area contributed by atoms with Gasteiger partial charge in [-0.15, -0.1) is 0 Å². The Morgan fingerprint density at radius 1 is 1.30 bits per heavy atom. The van der Waals surface area contributed by atoms with E-state index >= 15 is 0 Å². The average molecular weight is 278 g/mol. The molecule has 1 aliphatic heterocycles. The van der Waals surface area contributed by atoms with Gasteiger partial charge in [-0.05, 0) is 34.1 Å². The van der Waals surface area contributed by atoms with Crippen LogP contribution in [0.2, 0.25) is 0 Å². The highest BCUT2D eigenvalue weighted by Gasteiger charge is 2.29. The van der Waals surface area contributed by atoms with Crippen molar-refractivity contribution in [3.8, 4) is 0 Å². The summed E-state index contributed by atoms with van der Waals surface area (Å²) in [5.74, 6) is 2.81. The highest BCUT2D eigenvalue weighted by atomic mass is 16.5. The highest BCUT2D eigenvalue weighted by molar-refractivity contribution is 5.59. The Morgan fingerprint density at radius 3 is 2.70 bits per heavy atom. The molecule has 0 aliphatic carbocycles. The van der Waals surface area contributed by atoms with Gasteiger partial charge in [0.25, 0.3) is 0 Å². The predicted octanol–water partition coefficient (Wildman–Crippen LogP) is 2.53. The van der Waals surface area contributed by atoms with E-state index in [9.17, 15) is 0 Å². The number of nitrogens with one attached hydrogen (secondary N) is 1. The van der Waals surface area contributed by atoms with Crippen molar-refractivity contribution >= 4 is 11.6 Å². The molecule has 2 rings (SSSR count). The summed E-state index contributed by atoms with van der Waals surface area (Å²) in [7, 11) is 0. The summed E-state index contributed by atoms with van der Waals surface area (Å²) >= 11 is 0. The Balaban J connectivity index is 2.28. The van der Waals surface area contributed by atoms with Crippen LogP contribution in [-0.4, -0.2) is 41.8 Å². The molecule has 2 heterocycles. The van der Waals surface area contributed by atoms with Gasteiger partial charge in [-0.3, -0.25) is 0 Å². The first-order valence-electron chi connectivity index (χ1n) is 7.41. The lowest BCUT2D eigenvalue weighted by Crippen LogP contribution is -2.49. The molecule has 5 nitrogen and oxygen atoms in total. The summed E-state index contributed by atoms with van der Waals surface area (Å²) in [6.45, 7) is 13.9. The minimum absolute atomic E-state index is 0.124. The van der Waals surface area contributed by atoms with E-state index in [4.69, 9.17) is 4.74 Å². The SMILES string of the molecule is CCCNc1nc(C)nc(N2CCOC(C)(C)C2)c1C. The highest BCUT2D eigenvalue weighted by Crippen LogP contribution is 2.27. The molecule has 0 unspecified atom stereocenters. The van der Waals surface area contributed by atoms with Crippen LogP contribution >= 0.6 is 0 Å². The van der Waals surface area contributed by atoms with Gasteiger partial charge >= 0.3 is 0 Å². The lowest BCUT2D eigenvalue weighted by Gasteiger charge is -2.39. The normalized spacial score (nSPS) is 18.1. The van der Waals surface area contributed by atoms with Crippen LogP contribution in [0.25, 0.3) is 0 Å². The lowest BCUT2D eigenvalue weighted by atomic mass is 10.1. The van der Waals surface area contributed by atoms with Gasteiger partial charge < -0.3 is 15.0 Å². The minimum Gasteiger partial charge on any atom is -0.372 e. The second kappa shape index (κ2) is 5.95. The number of anilines is 2. The van der Waals surface area contributed by atoms with Crippen LogP contribution in [0.3, 0.4) is 0 Å². The average Bonchev–Trinajstić information content (AvgIpc) is 2.38. The van der Waals surface area contributed by atoms with E-state index in [1.54, 1.807) is 0 Å². The standard InChI is InChI=1S/C15H26N4O/c1-6-7-16-13-11(2)14(18-12(3)17-13)19-8-9-20-15(4,5)10-19/h6-10H2,1-5H3,(H,16,17,18). The van der Waals surface area contributed by atoms with E-state index in [2.05, 4.69) is 47.9 Å². The van der Waals surface area contributed by atoms with Crippen molar-refractivity contribution in [2.24, 2.45) is 0 Å². The third kappa shape index (κ3) is 3.39. The van der Waals surface area contributed by atoms with E-state index in [0.29, 0.717) is 0 Å². The Morgan fingerprint density at radius 2 is 2.05 bits per heavy atom. The maximum atomic E-state index is 5.78. The number of rotatable bonds is 4. The van der Waals surface area contributed by atoms with Crippen molar-refractivity contribution in [2.45, 2.75) is 46.6 Å². The molecule has 0 spiro atoms. The summed E-state index contributed by atoms with van der Waals surface area (Å²) in [5.41, 5.74) is 1.00. The minimum atomic E-state index is -0.124. The van der Waals surface area contributed by atoms with Crippen LogP contribution in [-0.2, 0) is 4.74 Å². The van der Waals surface area contributed by atoms with E-state index in [-0.39, 0.29) is 5.60 Å². The van der Waals surface area contributed by atoms with Crippen molar-refractivity contribution in [3.05, 3.63) is 11.4 Å². The van der Waals surface area contributed by atoms with Crippen LogP contribution in [0.15, 0.2) is 0 Å². The first-order valence-corrected chi connectivity index (χ1v) is 7.41. The Bertz CT molecular complexity index is 473. The third-order valence-corrected chi connectivity index (χ3v) is 3.50.